The number of carbonyl (C=O) groups excluding carboxylic acids is 1. The van der Waals surface area contributed by atoms with Crippen LogP contribution >= 0.6 is 0 Å². The molecule has 2 aromatic rings. The van der Waals surface area contributed by atoms with Crippen LogP contribution < -0.4 is 0 Å². The van der Waals surface area contributed by atoms with E-state index in [9.17, 15) is 13.6 Å². The van der Waals surface area contributed by atoms with Gasteiger partial charge in [0, 0.05) is 6.07 Å². The van der Waals surface area contributed by atoms with Crippen LogP contribution in [0.4, 0.5) is 8.78 Å². The second-order valence-corrected chi connectivity index (χ2v) is 2.94. The molecule has 0 bridgehead atoms. The second kappa shape index (κ2) is 3.65. The molecule has 2 nitrogen and oxygen atoms in total. The van der Waals surface area contributed by atoms with E-state index >= 15 is 0 Å². The van der Waals surface area contributed by atoms with Crippen LogP contribution in [0, 0.1) is 11.6 Å². The SMILES string of the molecule is O=Cc1ccc(-c2ccc(F)cc2F)o1. The van der Waals surface area contributed by atoms with Crippen molar-refractivity contribution in [3.05, 3.63) is 47.7 Å². The lowest BCUT2D eigenvalue weighted by Crippen LogP contribution is -1.84. The highest BCUT2D eigenvalue weighted by Crippen LogP contribution is 2.24. The molecule has 0 spiro atoms. The Hall–Kier alpha value is -1.97. The fraction of sp³-hybridized carbons (Fsp3) is 0. The molecular formula is C11H6F2O2. The van der Waals surface area contributed by atoms with Crippen molar-refractivity contribution < 1.29 is 18.0 Å². The summed E-state index contributed by atoms with van der Waals surface area (Å²) in [7, 11) is 0. The first kappa shape index (κ1) is 9.58. The lowest BCUT2D eigenvalue weighted by molar-refractivity contribution is 0.110. The Morgan fingerprint density at radius 2 is 1.93 bits per heavy atom. The van der Waals surface area contributed by atoms with E-state index in [1.807, 2.05) is 0 Å². The fourth-order valence-corrected chi connectivity index (χ4v) is 1.25. The van der Waals surface area contributed by atoms with Gasteiger partial charge < -0.3 is 4.42 Å². The molecule has 0 atom stereocenters. The molecule has 0 fully saturated rings. The molecule has 1 aromatic carbocycles. The lowest BCUT2D eigenvalue weighted by atomic mass is 10.1. The van der Waals surface area contributed by atoms with Crippen LogP contribution in [-0.2, 0) is 0 Å². The lowest BCUT2D eigenvalue weighted by Gasteiger charge is -1.98. The minimum Gasteiger partial charge on any atom is -0.453 e. The fourth-order valence-electron chi connectivity index (χ4n) is 1.25. The molecule has 15 heavy (non-hydrogen) atoms. The van der Waals surface area contributed by atoms with Crippen molar-refractivity contribution in [2.75, 3.05) is 0 Å². The standard InChI is InChI=1S/C11H6F2O2/c12-7-1-3-9(10(13)5-7)11-4-2-8(6-14)15-11/h1-6H. The smallest absolute Gasteiger partial charge is 0.185 e. The number of furan rings is 1. The molecular weight excluding hydrogens is 202 g/mol. The van der Waals surface area contributed by atoms with Gasteiger partial charge in [0.15, 0.2) is 12.0 Å². The van der Waals surface area contributed by atoms with Gasteiger partial charge in [-0.3, -0.25) is 4.79 Å². The van der Waals surface area contributed by atoms with Crippen LogP contribution in [0.25, 0.3) is 11.3 Å². The predicted octanol–water partition coefficient (Wildman–Crippen LogP) is 3.04. The Balaban J connectivity index is 2.49. The average molecular weight is 208 g/mol. The van der Waals surface area contributed by atoms with Gasteiger partial charge in [0.2, 0.25) is 0 Å². The summed E-state index contributed by atoms with van der Waals surface area (Å²) < 4.78 is 30.9. The number of hydrogen-bond acceptors (Lipinski definition) is 2. The Kier molecular flexibility index (Phi) is 2.33. The first-order valence-electron chi connectivity index (χ1n) is 4.21. The molecule has 0 amide bonds. The number of benzene rings is 1. The largest absolute Gasteiger partial charge is 0.453 e. The van der Waals surface area contributed by atoms with E-state index in [2.05, 4.69) is 0 Å². The second-order valence-electron chi connectivity index (χ2n) is 2.94. The summed E-state index contributed by atoms with van der Waals surface area (Å²) in [6.45, 7) is 0. The maximum Gasteiger partial charge on any atom is 0.185 e. The molecule has 1 aromatic heterocycles. The van der Waals surface area contributed by atoms with E-state index in [0.29, 0.717) is 6.29 Å². The third kappa shape index (κ3) is 1.79. The van der Waals surface area contributed by atoms with Crippen LogP contribution in [0.1, 0.15) is 10.6 Å². The van der Waals surface area contributed by atoms with Crippen LogP contribution in [0.15, 0.2) is 34.7 Å². The van der Waals surface area contributed by atoms with E-state index in [1.165, 1.54) is 18.2 Å². The molecule has 1 heterocycles. The number of carbonyl (C=O) groups is 1. The summed E-state index contributed by atoms with van der Waals surface area (Å²) in [4.78, 5) is 10.3. The summed E-state index contributed by atoms with van der Waals surface area (Å²) in [5.41, 5.74) is 0.129. The van der Waals surface area contributed by atoms with Crippen LogP contribution in [-0.4, -0.2) is 6.29 Å². The van der Waals surface area contributed by atoms with Crippen LogP contribution in [0.5, 0.6) is 0 Å². The van der Waals surface area contributed by atoms with Gasteiger partial charge in [-0.2, -0.15) is 0 Å². The van der Waals surface area contributed by atoms with Gasteiger partial charge in [0.05, 0.1) is 5.56 Å². The summed E-state index contributed by atoms with van der Waals surface area (Å²) in [6, 6.07) is 6.03. The Morgan fingerprint density at radius 1 is 1.13 bits per heavy atom. The van der Waals surface area contributed by atoms with Crippen LogP contribution in [0.2, 0.25) is 0 Å². The number of hydrogen-bond donors (Lipinski definition) is 0. The zero-order chi connectivity index (χ0) is 10.8. The first-order chi connectivity index (χ1) is 7.20. The van der Waals surface area contributed by atoms with Gasteiger partial charge in [0.1, 0.15) is 17.4 Å². The molecule has 0 aliphatic rings. The van der Waals surface area contributed by atoms with Crippen molar-refractivity contribution in [3.8, 4) is 11.3 Å². The molecule has 0 aliphatic heterocycles. The predicted molar refractivity (Wildman–Crippen MR) is 49.4 cm³/mol. The molecule has 0 saturated carbocycles. The van der Waals surface area contributed by atoms with Crippen molar-refractivity contribution in [1.82, 2.24) is 0 Å². The number of halogens is 2. The monoisotopic (exact) mass is 208 g/mol. The van der Waals surface area contributed by atoms with Crippen molar-refractivity contribution in [2.45, 2.75) is 0 Å². The minimum absolute atomic E-state index is 0.105. The molecule has 2 rings (SSSR count). The van der Waals surface area contributed by atoms with Gasteiger partial charge in [0.25, 0.3) is 0 Å². The van der Waals surface area contributed by atoms with Gasteiger partial charge >= 0.3 is 0 Å². The Labute approximate surface area is 84.1 Å². The van der Waals surface area contributed by atoms with Crippen molar-refractivity contribution in [1.29, 1.82) is 0 Å². The molecule has 0 radical (unpaired) electrons. The normalized spacial score (nSPS) is 10.3. The highest BCUT2D eigenvalue weighted by molar-refractivity contribution is 5.72. The van der Waals surface area contributed by atoms with Gasteiger partial charge in [-0.05, 0) is 24.3 Å². The molecule has 0 aliphatic carbocycles. The number of rotatable bonds is 2. The van der Waals surface area contributed by atoms with E-state index < -0.39 is 11.6 Å². The molecule has 4 heteroatoms. The Morgan fingerprint density at radius 3 is 2.53 bits per heavy atom. The van der Waals surface area contributed by atoms with Crippen molar-refractivity contribution in [3.63, 3.8) is 0 Å². The van der Waals surface area contributed by atoms with E-state index in [1.54, 1.807) is 0 Å². The highest BCUT2D eigenvalue weighted by Gasteiger charge is 2.10. The highest BCUT2D eigenvalue weighted by atomic mass is 19.1. The Bertz CT molecular complexity index is 503. The molecule has 0 unspecified atom stereocenters. The summed E-state index contributed by atoms with van der Waals surface area (Å²) in [6.07, 6.45) is 0.519. The maximum absolute atomic E-state index is 13.3. The average Bonchev–Trinajstić information content (AvgIpc) is 2.66. The summed E-state index contributed by atoms with van der Waals surface area (Å²) in [5, 5.41) is 0. The molecule has 0 saturated heterocycles. The molecule has 0 N–H and O–H groups in total. The van der Waals surface area contributed by atoms with Gasteiger partial charge in [-0.15, -0.1) is 0 Å². The summed E-state index contributed by atoms with van der Waals surface area (Å²) in [5.74, 6) is -1.07. The minimum atomic E-state index is -0.721. The van der Waals surface area contributed by atoms with Crippen molar-refractivity contribution >= 4 is 6.29 Å². The first-order valence-corrected chi connectivity index (χ1v) is 4.21. The summed E-state index contributed by atoms with van der Waals surface area (Å²) >= 11 is 0. The third-order valence-corrected chi connectivity index (χ3v) is 1.94. The molecule has 76 valence electrons. The van der Waals surface area contributed by atoms with E-state index in [4.69, 9.17) is 4.42 Å². The van der Waals surface area contributed by atoms with Gasteiger partial charge in [-0.1, -0.05) is 0 Å². The number of aldehydes is 1. The van der Waals surface area contributed by atoms with Crippen molar-refractivity contribution in [2.24, 2.45) is 0 Å². The zero-order valence-corrected chi connectivity index (χ0v) is 7.54. The zero-order valence-electron chi connectivity index (χ0n) is 7.54. The third-order valence-electron chi connectivity index (χ3n) is 1.94. The van der Waals surface area contributed by atoms with Gasteiger partial charge in [-0.25, -0.2) is 8.78 Å². The van der Waals surface area contributed by atoms with E-state index in [0.717, 1.165) is 12.1 Å². The quantitative estimate of drug-likeness (QED) is 0.710. The maximum atomic E-state index is 13.3. The van der Waals surface area contributed by atoms with E-state index in [-0.39, 0.29) is 17.1 Å². The topological polar surface area (TPSA) is 30.2 Å². The van der Waals surface area contributed by atoms with Crippen LogP contribution in [0.3, 0.4) is 0 Å².